The fourth-order valence-corrected chi connectivity index (χ4v) is 6.32. The molecule has 0 saturated carbocycles. The van der Waals surface area contributed by atoms with Crippen molar-refractivity contribution in [3.63, 3.8) is 0 Å². The van der Waals surface area contributed by atoms with Crippen molar-refractivity contribution in [2.45, 2.75) is 62.4 Å². The largest absolute Gasteiger partial charge is 0.497 e. The fourth-order valence-electron chi connectivity index (χ4n) is 4.16. The molecule has 0 unspecified atom stereocenters. The number of methoxy groups -OCH3 is 1. The molecule has 0 amide bonds. The van der Waals surface area contributed by atoms with Crippen LogP contribution in [0.2, 0.25) is 0 Å². The Labute approximate surface area is 169 Å². The van der Waals surface area contributed by atoms with Crippen LogP contribution in [0.1, 0.15) is 63.1 Å². The van der Waals surface area contributed by atoms with Gasteiger partial charge in [-0.05, 0) is 36.1 Å². The molecule has 0 aliphatic carbocycles. The Hall–Kier alpha value is -1.85. The third-order valence-electron chi connectivity index (χ3n) is 5.85. The minimum Gasteiger partial charge on any atom is -0.497 e. The lowest BCUT2D eigenvalue weighted by atomic mass is 9.88. The maximum absolute atomic E-state index is 13.4. The molecule has 0 spiro atoms. The molecular formula is C23H31NO3S. The van der Waals surface area contributed by atoms with Crippen molar-refractivity contribution < 1.29 is 13.2 Å². The summed E-state index contributed by atoms with van der Waals surface area (Å²) in [6.45, 7) is 4.26. The monoisotopic (exact) mass is 401 g/mol. The van der Waals surface area contributed by atoms with Crippen LogP contribution in [0.3, 0.4) is 0 Å². The van der Waals surface area contributed by atoms with Crippen LogP contribution in [0.5, 0.6) is 5.75 Å². The molecule has 1 aliphatic heterocycles. The molecule has 0 saturated heterocycles. The molecule has 1 heterocycles. The van der Waals surface area contributed by atoms with Crippen LogP contribution in [0.25, 0.3) is 0 Å². The fraction of sp³-hybridized carbons (Fsp3) is 0.478. The average Bonchev–Trinajstić information content (AvgIpc) is 2.81. The van der Waals surface area contributed by atoms with Gasteiger partial charge >= 0.3 is 0 Å². The number of nitrogens with one attached hydrogen (secondary N) is 1. The van der Waals surface area contributed by atoms with Gasteiger partial charge in [0, 0.05) is 5.54 Å². The quantitative estimate of drug-likeness (QED) is 0.671. The summed E-state index contributed by atoms with van der Waals surface area (Å²) in [4.78, 5) is 0.388. The number of benzene rings is 2. The highest BCUT2D eigenvalue weighted by molar-refractivity contribution is 7.91. The molecule has 0 radical (unpaired) electrons. The Morgan fingerprint density at radius 3 is 2.50 bits per heavy atom. The van der Waals surface area contributed by atoms with Crippen molar-refractivity contribution in [1.29, 1.82) is 0 Å². The number of rotatable bonds is 7. The van der Waals surface area contributed by atoms with Crippen molar-refractivity contribution in [2.75, 3.05) is 12.9 Å². The zero-order chi connectivity index (χ0) is 20.2. The second kappa shape index (κ2) is 8.66. The van der Waals surface area contributed by atoms with Gasteiger partial charge in [0.15, 0.2) is 9.84 Å². The van der Waals surface area contributed by atoms with Crippen molar-refractivity contribution in [3.05, 3.63) is 59.7 Å². The van der Waals surface area contributed by atoms with E-state index in [-0.39, 0.29) is 11.8 Å². The van der Waals surface area contributed by atoms with E-state index in [0.717, 1.165) is 43.2 Å². The first-order valence-electron chi connectivity index (χ1n) is 10.2. The maximum Gasteiger partial charge on any atom is 0.180 e. The van der Waals surface area contributed by atoms with E-state index in [1.54, 1.807) is 13.2 Å². The van der Waals surface area contributed by atoms with Gasteiger partial charge in [-0.15, -0.1) is 0 Å². The molecule has 5 heteroatoms. The summed E-state index contributed by atoms with van der Waals surface area (Å²) in [5.74, 6) is 0.688. The summed E-state index contributed by atoms with van der Waals surface area (Å²) in [7, 11) is -1.88. The summed E-state index contributed by atoms with van der Waals surface area (Å²) in [6.07, 6.45) is 4.87. The average molecular weight is 402 g/mol. The van der Waals surface area contributed by atoms with Gasteiger partial charge in [0.1, 0.15) is 5.75 Å². The van der Waals surface area contributed by atoms with Gasteiger partial charge in [-0.2, -0.15) is 0 Å². The minimum absolute atomic E-state index is 0.115. The molecule has 0 bridgehead atoms. The van der Waals surface area contributed by atoms with Crippen LogP contribution in [-0.2, 0) is 9.84 Å². The van der Waals surface area contributed by atoms with Crippen LogP contribution in [-0.4, -0.2) is 26.8 Å². The molecule has 1 aliphatic rings. The molecule has 2 aromatic rings. The van der Waals surface area contributed by atoms with Crippen LogP contribution >= 0.6 is 0 Å². The number of fused-ring (bicyclic) bond motifs is 1. The van der Waals surface area contributed by atoms with Gasteiger partial charge in [-0.3, -0.25) is 5.32 Å². The highest BCUT2D eigenvalue weighted by Gasteiger charge is 2.41. The lowest BCUT2D eigenvalue weighted by molar-refractivity contribution is 0.293. The van der Waals surface area contributed by atoms with Crippen LogP contribution < -0.4 is 10.1 Å². The molecule has 2 atom stereocenters. The maximum atomic E-state index is 13.4. The van der Waals surface area contributed by atoms with Gasteiger partial charge in [0.05, 0.1) is 23.8 Å². The normalized spacial score (nSPS) is 23.6. The minimum atomic E-state index is -3.45. The smallest absolute Gasteiger partial charge is 0.180 e. The van der Waals surface area contributed by atoms with Gasteiger partial charge in [0.25, 0.3) is 0 Å². The van der Waals surface area contributed by atoms with Crippen molar-refractivity contribution >= 4 is 9.84 Å². The number of sulfone groups is 1. The molecule has 3 rings (SSSR count). The third kappa shape index (κ3) is 4.26. The lowest BCUT2D eigenvalue weighted by Gasteiger charge is -2.36. The Balaban J connectivity index is 2.15. The highest BCUT2D eigenvalue weighted by Crippen LogP contribution is 2.39. The molecular weight excluding hydrogens is 370 g/mol. The van der Waals surface area contributed by atoms with Crippen LogP contribution in [0, 0.1) is 0 Å². The topological polar surface area (TPSA) is 55.4 Å². The molecule has 0 fully saturated rings. The van der Waals surface area contributed by atoms with Crippen molar-refractivity contribution in [2.24, 2.45) is 0 Å². The molecule has 4 nitrogen and oxygen atoms in total. The Morgan fingerprint density at radius 2 is 1.86 bits per heavy atom. The predicted octanol–water partition coefficient (Wildman–Crippen LogP) is 4.89. The zero-order valence-electron chi connectivity index (χ0n) is 17.1. The Kier molecular flexibility index (Phi) is 6.46. The summed E-state index contributed by atoms with van der Waals surface area (Å²) >= 11 is 0. The lowest BCUT2D eigenvalue weighted by Crippen LogP contribution is -2.50. The number of hydrogen-bond donors (Lipinski definition) is 1. The van der Waals surface area contributed by atoms with Crippen LogP contribution in [0.4, 0.5) is 0 Å². The first-order chi connectivity index (χ1) is 13.4. The second-order valence-electron chi connectivity index (χ2n) is 7.74. The number of hydrogen-bond acceptors (Lipinski definition) is 4. The number of ether oxygens (including phenoxy) is 1. The Bertz CT molecular complexity index is 895. The van der Waals surface area contributed by atoms with E-state index >= 15 is 0 Å². The van der Waals surface area contributed by atoms with Crippen molar-refractivity contribution in [1.82, 2.24) is 5.32 Å². The molecule has 152 valence electrons. The SMILES string of the molecule is CCCCC[C@]1(CC)CS(=O)(=O)c2cc(OC)ccc2[C@@H](c2ccccc2)N1. The summed E-state index contributed by atoms with van der Waals surface area (Å²) in [5, 5.41) is 3.78. The second-order valence-corrected chi connectivity index (χ2v) is 9.70. The van der Waals surface area contributed by atoms with Gasteiger partial charge < -0.3 is 4.74 Å². The molecule has 0 aromatic heterocycles. The standard InChI is InChI=1S/C23H31NO3S/c1-4-6-10-15-23(5-2)17-28(25,26)21-16-19(27-3)13-14-20(21)22(24-23)18-11-8-7-9-12-18/h7-9,11-14,16,22,24H,4-6,10,15,17H2,1-3H3/t22-,23-/m1/s1. The molecule has 28 heavy (non-hydrogen) atoms. The van der Waals surface area contributed by atoms with E-state index in [0.29, 0.717) is 10.6 Å². The Morgan fingerprint density at radius 1 is 1.11 bits per heavy atom. The first kappa shape index (κ1) is 20.9. The van der Waals surface area contributed by atoms with E-state index < -0.39 is 15.4 Å². The van der Waals surface area contributed by atoms with E-state index in [9.17, 15) is 8.42 Å². The molecule has 1 N–H and O–H groups in total. The first-order valence-corrected chi connectivity index (χ1v) is 11.8. The number of unbranched alkanes of at least 4 members (excludes halogenated alkanes) is 2. The summed E-state index contributed by atoms with van der Waals surface area (Å²) in [6, 6.07) is 15.4. The van der Waals surface area contributed by atoms with E-state index in [1.165, 1.54) is 0 Å². The van der Waals surface area contributed by atoms with Gasteiger partial charge in [-0.25, -0.2) is 8.42 Å². The van der Waals surface area contributed by atoms with Gasteiger partial charge in [-0.1, -0.05) is 69.5 Å². The summed E-state index contributed by atoms with van der Waals surface area (Å²) in [5.41, 5.74) is 1.44. The van der Waals surface area contributed by atoms with Crippen LogP contribution in [0.15, 0.2) is 53.4 Å². The van der Waals surface area contributed by atoms with E-state index in [2.05, 4.69) is 31.3 Å². The zero-order valence-corrected chi connectivity index (χ0v) is 17.9. The van der Waals surface area contributed by atoms with E-state index in [4.69, 9.17) is 4.74 Å². The van der Waals surface area contributed by atoms with Crippen molar-refractivity contribution in [3.8, 4) is 5.75 Å². The summed E-state index contributed by atoms with van der Waals surface area (Å²) < 4.78 is 32.2. The predicted molar refractivity (Wildman–Crippen MR) is 114 cm³/mol. The molecule has 2 aromatic carbocycles. The highest BCUT2D eigenvalue weighted by atomic mass is 32.2. The van der Waals surface area contributed by atoms with Gasteiger partial charge in [0.2, 0.25) is 0 Å². The third-order valence-corrected chi connectivity index (χ3v) is 7.81. The van der Waals surface area contributed by atoms with E-state index in [1.807, 2.05) is 30.3 Å².